The van der Waals surface area contributed by atoms with Gasteiger partial charge in [0.15, 0.2) is 22.7 Å². The van der Waals surface area contributed by atoms with Crippen LogP contribution in [0.3, 0.4) is 0 Å². The van der Waals surface area contributed by atoms with Crippen molar-refractivity contribution in [2.24, 2.45) is 0 Å². The Morgan fingerprint density at radius 2 is 1.64 bits per heavy atom. The van der Waals surface area contributed by atoms with E-state index < -0.39 is 16.9 Å². The zero-order valence-electron chi connectivity index (χ0n) is 11.7. The van der Waals surface area contributed by atoms with Crippen molar-refractivity contribution in [3.05, 3.63) is 28.4 Å². The maximum absolute atomic E-state index is 12.7. The van der Waals surface area contributed by atoms with Crippen LogP contribution in [0.15, 0.2) is 27.4 Å². The van der Waals surface area contributed by atoms with E-state index in [1.807, 2.05) is 0 Å². The van der Waals surface area contributed by atoms with Crippen molar-refractivity contribution in [2.45, 2.75) is 0 Å². The van der Waals surface area contributed by atoms with Gasteiger partial charge in [-0.3, -0.25) is 4.79 Å². The van der Waals surface area contributed by atoms with E-state index >= 15 is 0 Å². The Hall–Kier alpha value is -3.09. The summed E-state index contributed by atoms with van der Waals surface area (Å²) in [6.07, 6.45) is 0. The summed E-state index contributed by atoms with van der Waals surface area (Å²) in [4.78, 5) is 12.7. The second-order valence-electron chi connectivity index (χ2n) is 4.55. The largest absolute Gasteiger partial charge is 0.504 e. The smallest absolute Gasteiger partial charge is 0.208 e. The van der Waals surface area contributed by atoms with Gasteiger partial charge in [-0.15, -0.1) is 0 Å². The highest BCUT2D eigenvalue weighted by atomic mass is 16.5. The molecular formula is C15H12O7. The molecule has 0 saturated carbocycles. The molecule has 0 bridgehead atoms. The molecular weight excluding hydrogens is 292 g/mol. The van der Waals surface area contributed by atoms with Crippen molar-refractivity contribution in [3.8, 4) is 28.7 Å². The molecule has 0 saturated heterocycles. The number of rotatable bonds is 2. The third kappa shape index (κ3) is 1.65. The summed E-state index contributed by atoms with van der Waals surface area (Å²) in [5.41, 5.74) is -0.923. The molecule has 7 nitrogen and oxygen atoms in total. The van der Waals surface area contributed by atoms with E-state index in [4.69, 9.17) is 13.9 Å². The van der Waals surface area contributed by atoms with E-state index in [9.17, 15) is 20.1 Å². The van der Waals surface area contributed by atoms with Gasteiger partial charge < -0.3 is 29.2 Å². The Kier molecular flexibility index (Phi) is 2.98. The zero-order valence-corrected chi connectivity index (χ0v) is 11.7. The number of hydrogen-bond acceptors (Lipinski definition) is 7. The Balaban J connectivity index is 2.68. The molecule has 0 aliphatic rings. The standard InChI is InChI=1S/C15H12O7/c1-20-14-8-9(17)6-4-3-5-7(16)12(6)22-13(8)10(18)11(19)15(14)21-2/h3-5,16,18-19H,1-2H3. The number of hydrogen-bond donors (Lipinski definition) is 3. The number of benzene rings is 2. The second-order valence-corrected chi connectivity index (χ2v) is 4.55. The minimum absolute atomic E-state index is 0.0632. The number of fused-ring (bicyclic) bond motifs is 2. The van der Waals surface area contributed by atoms with Crippen LogP contribution in [0.1, 0.15) is 0 Å². The Labute approximate surface area is 123 Å². The number of para-hydroxylation sites is 1. The number of ether oxygens (including phenoxy) is 2. The molecule has 0 aliphatic heterocycles. The van der Waals surface area contributed by atoms with Crippen LogP contribution < -0.4 is 14.9 Å². The van der Waals surface area contributed by atoms with Crippen LogP contribution in [0.25, 0.3) is 21.9 Å². The van der Waals surface area contributed by atoms with E-state index in [0.29, 0.717) is 0 Å². The topological polar surface area (TPSA) is 109 Å². The summed E-state index contributed by atoms with van der Waals surface area (Å²) in [5, 5.41) is 29.9. The van der Waals surface area contributed by atoms with Crippen LogP contribution >= 0.6 is 0 Å². The average molecular weight is 304 g/mol. The first-order valence-corrected chi connectivity index (χ1v) is 6.25. The lowest BCUT2D eigenvalue weighted by Crippen LogP contribution is -2.05. The molecule has 3 N–H and O–H groups in total. The molecule has 0 spiro atoms. The van der Waals surface area contributed by atoms with E-state index in [1.54, 1.807) is 0 Å². The number of aromatic hydroxyl groups is 3. The van der Waals surface area contributed by atoms with Crippen molar-refractivity contribution in [1.29, 1.82) is 0 Å². The molecule has 0 aliphatic carbocycles. The number of methoxy groups -OCH3 is 2. The minimum atomic E-state index is -0.671. The van der Waals surface area contributed by atoms with Crippen LogP contribution in [0.4, 0.5) is 0 Å². The van der Waals surface area contributed by atoms with Crippen molar-refractivity contribution >= 4 is 21.9 Å². The highest BCUT2D eigenvalue weighted by Gasteiger charge is 2.26. The fourth-order valence-corrected chi connectivity index (χ4v) is 2.40. The first-order valence-electron chi connectivity index (χ1n) is 6.25. The fraction of sp³-hybridized carbons (Fsp3) is 0.133. The molecule has 7 heteroatoms. The van der Waals surface area contributed by atoms with E-state index in [0.717, 1.165) is 0 Å². The highest BCUT2D eigenvalue weighted by Crippen LogP contribution is 2.49. The molecule has 22 heavy (non-hydrogen) atoms. The lowest BCUT2D eigenvalue weighted by molar-refractivity contribution is 0.323. The summed E-state index contributed by atoms with van der Waals surface area (Å²) in [6.45, 7) is 0. The molecule has 0 amide bonds. The molecule has 114 valence electrons. The van der Waals surface area contributed by atoms with Crippen molar-refractivity contribution in [1.82, 2.24) is 0 Å². The summed E-state index contributed by atoms with van der Waals surface area (Å²) in [5.74, 6) is -1.80. The van der Waals surface area contributed by atoms with Crippen LogP contribution in [0.2, 0.25) is 0 Å². The summed E-state index contributed by atoms with van der Waals surface area (Å²) in [7, 11) is 2.55. The summed E-state index contributed by atoms with van der Waals surface area (Å²) in [6, 6.07) is 4.30. The van der Waals surface area contributed by atoms with Crippen molar-refractivity contribution in [2.75, 3.05) is 14.2 Å². The Bertz CT molecular complexity index is 956. The molecule has 0 atom stereocenters. The summed E-state index contributed by atoms with van der Waals surface area (Å²) >= 11 is 0. The lowest BCUT2D eigenvalue weighted by Gasteiger charge is -2.13. The number of phenolic OH excluding ortho intramolecular Hbond substituents is 3. The van der Waals surface area contributed by atoms with Crippen LogP contribution in [0.5, 0.6) is 28.7 Å². The third-order valence-corrected chi connectivity index (χ3v) is 3.39. The SMILES string of the molecule is COc1c(O)c(O)c2oc3c(O)cccc3c(=O)c2c1OC. The van der Waals surface area contributed by atoms with Crippen molar-refractivity contribution < 1.29 is 29.2 Å². The van der Waals surface area contributed by atoms with Gasteiger partial charge in [-0.2, -0.15) is 0 Å². The van der Waals surface area contributed by atoms with Gasteiger partial charge in [-0.25, -0.2) is 0 Å². The highest BCUT2D eigenvalue weighted by molar-refractivity contribution is 6.00. The van der Waals surface area contributed by atoms with Gasteiger partial charge >= 0.3 is 0 Å². The monoisotopic (exact) mass is 304 g/mol. The molecule has 3 rings (SSSR count). The molecule has 0 radical (unpaired) electrons. The second kappa shape index (κ2) is 4.73. The minimum Gasteiger partial charge on any atom is -0.504 e. The number of phenols is 3. The van der Waals surface area contributed by atoms with Crippen molar-refractivity contribution in [3.63, 3.8) is 0 Å². The van der Waals surface area contributed by atoms with E-state index in [-0.39, 0.29) is 39.2 Å². The van der Waals surface area contributed by atoms with E-state index in [1.165, 1.54) is 32.4 Å². The van der Waals surface area contributed by atoms with Gasteiger partial charge in [0, 0.05) is 0 Å². The fourth-order valence-electron chi connectivity index (χ4n) is 2.40. The van der Waals surface area contributed by atoms with Gasteiger partial charge in [0.1, 0.15) is 5.39 Å². The Morgan fingerprint density at radius 3 is 2.27 bits per heavy atom. The lowest BCUT2D eigenvalue weighted by atomic mass is 10.1. The first kappa shape index (κ1) is 13.9. The van der Waals surface area contributed by atoms with Gasteiger partial charge in [-0.1, -0.05) is 6.07 Å². The maximum Gasteiger partial charge on any atom is 0.208 e. The average Bonchev–Trinajstić information content (AvgIpc) is 2.52. The van der Waals surface area contributed by atoms with Gasteiger partial charge in [0.25, 0.3) is 0 Å². The molecule has 1 heterocycles. The molecule has 2 aromatic carbocycles. The quantitative estimate of drug-likeness (QED) is 0.491. The van der Waals surface area contributed by atoms with Gasteiger partial charge in [0.05, 0.1) is 19.6 Å². The molecule has 3 aromatic rings. The van der Waals surface area contributed by atoms with Crippen LogP contribution in [-0.4, -0.2) is 29.5 Å². The molecule has 0 fully saturated rings. The molecule has 0 unspecified atom stereocenters. The normalized spacial score (nSPS) is 11.0. The van der Waals surface area contributed by atoms with Crippen LogP contribution in [-0.2, 0) is 0 Å². The molecule has 1 aromatic heterocycles. The predicted octanol–water partition coefficient (Wildman–Crippen LogP) is 2.08. The maximum atomic E-state index is 12.7. The van der Waals surface area contributed by atoms with E-state index in [2.05, 4.69) is 0 Å². The van der Waals surface area contributed by atoms with Crippen LogP contribution in [0, 0.1) is 0 Å². The summed E-state index contributed by atoms with van der Waals surface area (Å²) < 4.78 is 15.5. The predicted molar refractivity (Wildman–Crippen MR) is 78.1 cm³/mol. The Morgan fingerprint density at radius 1 is 0.955 bits per heavy atom. The van der Waals surface area contributed by atoms with Gasteiger partial charge in [0.2, 0.25) is 22.7 Å². The van der Waals surface area contributed by atoms with Gasteiger partial charge in [-0.05, 0) is 12.1 Å². The first-order chi connectivity index (χ1) is 10.5. The zero-order chi connectivity index (χ0) is 16.0. The third-order valence-electron chi connectivity index (χ3n) is 3.39.